The third-order valence-corrected chi connectivity index (χ3v) is 6.26. The van der Waals surface area contributed by atoms with E-state index in [1.165, 1.54) is 44.9 Å². The fourth-order valence-corrected chi connectivity index (χ4v) is 4.94. The fourth-order valence-electron chi connectivity index (χ4n) is 4.94. The maximum atomic E-state index is 13.1. The molecule has 1 spiro atoms. The molecule has 1 aliphatic heterocycles. The molecule has 2 nitrogen and oxygen atoms in total. The number of hydrogen-bond donors (Lipinski definition) is 0. The Kier molecular flexibility index (Phi) is 3.96. The summed E-state index contributed by atoms with van der Waals surface area (Å²) in [5, 5.41) is 0. The van der Waals surface area contributed by atoms with Crippen molar-refractivity contribution in [2.45, 2.75) is 83.7 Å². The van der Waals surface area contributed by atoms with Crippen LogP contribution in [0.1, 0.15) is 78.1 Å². The lowest BCUT2D eigenvalue weighted by molar-refractivity contribution is -0.144. The van der Waals surface area contributed by atoms with Crippen molar-refractivity contribution in [2.75, 3.05) is 6.61 Å². The van der Waals surface area contributed by atoms with Crippen LogP contribution >= 0.6 is 0 Å². The molecule has 114 valence electrons. The third kappa shape index (κ3) is 2.68. The number of rotatable bonds is 2. The van der Waals surface area contributed by atoms with Crippen LogP contribution in [0.4, 0.5) is 0 Å². The number of ketones is 1. The van der Waals surface area contributed by atoms with E-state index < -0.39 is 0 Å². The lowest BCUT2D eigenvalue weighted by atomic mass is 9.64. The Balaban J connectivity index is 1.70. The number of carbonyl (C=O) groups is 1. The van der Waals surface area contributed by atoms with Gasteiger partial charge in [-0.05, 0) is 43.9 Å². The van der Waals surface area contributed by atoms with Gasteiger partial charge in [0.2, 0.25) is 0 Å². The number of ether oxygens (including phenoxy) is 1. The van der Waals surface area contributed by atoms with Gasteiger partial charge in [-0.25, -0.2) is 0 Å². The average molecular weight is 278 g/mol. The highest BCUT2D eigenvalue weighted by molar-refractivity contribution is 5.84. The molecular weight excluding hydrogens is 248 g/mol. The molecule has 0 bridgehead atoms. The summed E-state index contributed by atoms with van der Waals surface area (Å²) in [7, 11) is 0. The lowest BCUT2D eigenvalue weighted by Gasteiger charge is -2.43. The van der Waals surface area contributed by atoms with Gasteiger partial charge < -0.3 is 4.74 Å². The summed E-state index contributed by atoms with van der Waals surface area (Å²) >= 11 is 0. The Morgan fingerprint density at radius 1 is 1.00 bits per heavy atom. The summed E-state index contributed by atoms with van der Waals surface area (Å²) in [5.74, 6) is 1.16. The van der Waals surface area contributed by atoms with Crippen molar-refractivity contribution in [1.82, 2.24) is 0 Å². The molecule has 2 saturated carbocycles. The molecule has 0 N–H and O–H groups in total. The predicted octanol–water partition coefficient (Wildman–Crippen LogP) is 4.51. The number of hydrogen-bond acceptors (Lipinski definition) is 2. The van der Waals surface area contributed by atoms with Gasteiger partial charge in [0, 0.05) is 18.4 Å². The number of Topliss-reactive ketones (excluding diaryl/α,β-unsaturated/α-hetero) is 1. The first kappa shape index (κ1) is 14.6. The summed E-state index contributed by atoms with van der Waals surface area (Å²) in [6.07, 6.45) is 11.8. The summed E-state index contributed by atoms with van der Waals surface area (Å²) in [5.41, 5.74) is 0.299. The molecule has 0 aromatic heterocycles. The molecule has 20 heavy (non-hydrogen) atoms. The molecule has 3 rings (SSSR count). The van der Waals surface area contributed by atoms with Gasteiger partial charge in [0.1, 0.15) is 5.78 Å². The molecule has 2 heteroatoms. The highest BCUT2D eigenvalue weighted by Gasteiger charge is 2.45. The molecule has 3 fully saturated rings. The van der Waals surface area contributed by atoms with Crippen molar-refractivity contribution in [2.24, 2.45) is 17.3 Å². The largest absolute Gasteiger partial charge is 0.375 e. The fraction of sp³-hybridized carbons (Fsp3) is 0.944. The molecule has 1 saturated heterocycles. The second-order valence-electron chi connectivity index (χ2n) is 8.12. The Bertz CT molecular complexity index is 366. The van der Waals surface area contributed by atoms with E-state index in [4.69, 9.17) is 4.74 Å². The van der Waals surface area contributed by atoms with E-state index in [9.17, 15) is 4.79 Å². The molecule has 2 atom stereocenters. The molecule has 2 aliphatic carbocycles. The predicted molar refractivity (Wildman–Crippen MR) is 80.6 cm³/mol. The molecule has 0 aromatic rings. The lowest BCUT2D eigenvalue weighted by Crippen LogP contribution is -2.44. The SMILES string of the molecule is CC1(C)CCCCC1C(=O)C1CCOC2(CCCC2)C1. The van der Waals surface area contributed by atoms with E-state index in [0.29, 0.717) is 11.7 Å². The minimum atomic E-state index is 0.0807. The Labute approximate surface area is 123 Å². The zero-order chi connectivity index (χ0) is 14.2. The molecule has 2 unspecified atom stereocenters. The van der Waals surface area contributed by atoms with E-state index in [2.05, 4.69) is 13.8 Å². The van der Waals surface area contributed by atoms with Crippen LogP contribution in [0.5, 0.6) is 0 Å². The maximum absolute atomic E-state index is 13.1. The van der Waals surface area contributed by atoms with Crippen molar-refractivity contribution in [3.63, 3.8) is 0 Å². The number of carbonyl (C=O) groups excluding carboxylic acids is 1. The summed E-state index contributed by atoms with van der Waals surface area (Å²) in [6.45, 7) is 5.42. The second-order valence-corrected chi connectivity index (χ2v) is 8.12. The summed E-state index contributed by atoms with van der Waals surface area (Å²) in [6, 6.07) is 0. The molecule has 0 radical (unpaired) electrons. The van der Waals surface area contributed by atoms with Gasteiger partial charge in [0.05, 0.1) is 5.60 Å². The molecule has 1 heterocycles. The smallest absolute Gasteiger partial charge is 0.139 e. The quantitative estimate of drug-likeness (QED) is 0.743. The zero-order valence-corrected chi connectivity index (χ0v) is 13.2. The highest BCUT2D eigenvalue weighted by atomic mass is 16.5. The van der Waals surface area contributed by atoms with Crippen LogP contribution in [-0.4, -0.2) is 18.0 Å². The van der Waals surface area contributed by atoms with Crippen molar-refractivity contribution >= 4 is 5.78 Å². The van der Waals surface area contributed by atoms with Gasteiger partial charge in [0.25, 0.3) is 0 Å². The van der Waals surface area contributed by atoms with Gasteiger partial charge >= 0.3 is 0 Å². The highest BCUT2D eigenvalue weighted by Crippen LogP contribution is 2.47. The average Bonchev–Trinajstić information content (AvgIpc) is 2.85. The van der Waals surface area contributed by atoms with Gasteiger partial charge in [-0.3, -0.25) is 4.79 Å². The van der Waals surface area contributed by atoms with Crippen LogP contribution in [0.15, 0.2) is 0 Å². The van der Waals surface area contributed by atoms with Crippen molar-refractivity contribution in [3.8, 4) is 0 Å². The molecule has 0 aromatic carbocycles. The maximum Gasteiger partial charge on any atom is 0.139 e. The topological polar surface area (TPSA) is 26.3 Å². The second kappa shape index (κ2) is 5.44. The van der Waals surface area contributed by atoms with Gasteiger partial charge in [0.15, 0.2) is 0 Å². The monoisotopic (exact) mass is 278 g/mol. The van der Waals surface area contributed by atoms with Crippen LogP contribution in [0, 0.1) is 17.3 Å². The first-order valence-corrected chi connectivity index (χ1v) is 8.70. The first-order chi connectivity index (χ1) is 9.53. The molecular formula is C18H30O2. The van der Waals surface area contributed by atoms with Gasteiger partial charge in [-0.1, -0.05) is 39.5 Å². The Morgan fingerprint density at radius 2 is 1.70 bits per heavy atom. The third-order valence-electron chi connectivity index (χ3n) is 6.26. The summed E-state index contributed by atoms with van der Waals surface area (Å²) in [4.78, 5) is 13.1. The van der Waals surface area contributed by atoms with Crippen LogP contribution in [0.25, 0.3) is 0 Å². The van der Waals surface area contributed by atoms with E-state index in [1.807, 2.05) is 0 Å². The van der Waals surface area contributed by atoms with Crippen LogP contribution in [0.2, 0.25) is 0 Å². The van der Waals surface area contributed by atoms with Gasteiger partial charge in [-0.2, -0.15) is 0 Å². The Hall–Kier alpha value is -0.370. The van der Waals surface area contributed by atoms with E-state index in [0.717, 1.165) is 25.9 Å². The minimum Gasteiger partial charge on any atom is -0.375 e. The van der Waals surface area contributed by atoms with E-state index >= 15 is 0 Å². The normalized spacial score (nSPS) is 36.1. The van der Waals surface area contributed by atoms with Crippen LogP contribution in [-0.2, 0) is 9.53 Å². The zero-order valence-electron chi connectivity index (χ0n) is 13.2. The Morgan fingerprint density at radius 3 is 2.40 bits per heavy atom. The van der Waals surface area contributed by atoms with E-state index in [-0.39, 0.29) is 16.9 Å². The van der Waals surface area contributed by atoms with Crippen LogP contribution in [0.3, 0.4) is 0 Å². The first-order valence-electron chi connectivity index (χ1n) is 8.70. The van der Waals surface area contributed by atoms with Crippen molar-refractivity contribution in [3.05, 3.63) is 0 Å². The molecule has 3 aliphatic rings. The minimum absolute atomic E-state index is 0.0807. The summed E-state index contributed by atoms with van der Waals surface area (Å²) < 4.78 is 6.09. The molecule has 0 amide bonds. The standard InChI is InChI=1S/C18H30O2/c1-17(2)9-4-3-7-15(17)16(19)14-8-12-20-18(13-14)10-5-6-11-18/h14-15H,3-13H2,1-2H3. The van der Waals surface area contributed by atoms with Crippen molar-refractivity contribution < 1.29 is 9.53 Å². The van der Waals surface area contributed by atoms with E-state index in [1.54, 1.807) is 0 Å². The van der Waals surface area contributed by atoms with Crippen LogP contribution < -0.4 is 0 Å². The van der Waals surface area contributed by atoms with Crippen molar-refractivity contribution in [1.29, 1.82) is 0 Å². The van der Waals surface area contributed by atoms with Gasteiger partial charge in [-0.15, -0.1) is 0 Å².